The molecule has 0 aromatic heterocycles. The van der Waals surface area contributed by atoms with Gasteiger partial charge in [-0.15, -0.1) is 0 Å². The van der Waals surface area contributed by atoms with Gasteiger partial charge in [-0.2, -0.15) is 0 Å². The lowest BCUT2D eigenvalue weighted by Gasteiger charge is -2.28. The van der Waals surface area contributed by atoms with Crippen molar-refractivity contribution in [1.29, 1.82) is 0 Å². The first-order chi connectivity index (χ1) is 9.40. The second-order valence-corrected chi connectivity index (χ2v) is 5.23. The maximum Gasteiger partial charge on any atom is 0.333 e. The van der Waals surface area contributed by atoms with Crippen molar-refractivity contribution >= 4 is 5.97 Å². The summed E-state index contributed by atoms with van der Waals surface area (Å²) in [6, 6.07) is 0. The molecule has 0 spiro atoms. The van der Waals surface area contributed by atoms with E-state index in [1.54, 1.807) is 6.92 Å². The summed E-state index contributed by atoms with van der Waals surface area (Å²) in [5.41, 5.74) is -0.614. The minimum atomic E-state index is -0.951. The number of rotatable bonds is 11. The van der Waals surface area contributed by atoms with Crippen LogP contribution in [0.15, 0.2) is 12.2 Å². The zero-order valence-electron chi connectivity index (χ0n) is 12.0. The average Bonchev–Trinajstić information content (AvgIpc) is 2.45. The third-order valence-corrected chi connectivity index (χ3v) is 3.28. The maximum atomic E-state index is 11.1. The van der Waals surface area contributed by atoms with Crippen molar-refractivity contribution in [1.82, 2.24) is 0 Å². The largest absolute Gasteiger partial charge is 0.462 e. The van der Waals surface area contributed by atoms with E-state index >= 15 is 0 Å². The molecular weight excluding hydrogens is 264 g/mol. The SMILES string of the molecule is C=C(C)C(=O)OCCCC(O)CCC(CO)(CO)CO. The lowest BCUT2D eigenvalue weighted by molar-refractivity contribution is -0.139. The number of carbonyl (C=O) groups is 1. The van der Waals surface area contributed by atoms with Gasteiger partial charge in [-0.1, -0.05) is 6.58 Å². The lowest BCUT2D eigenvalue weighted by Crippen LogP contribution is -2.34. The van der Waals surface area contributed by atoms with Crippen molar-refractivity contribution < 1.29 is 30.0 Å². The summed E-state index contributed by atoms with van der Waals surface area (Å²) in [7, 11) is 0. The lowest BCUT2D eigenvalue weighted by atomic mass is 9.84. The standard InChI is InChI=1S/C14H26O6/c1-11(2)13(19)20-7-3-4-12(18)5-6-14(8-15,9-16)10-17/h12,15-18H,1,3-10H2,2H3. The van der Waals surface area contributed by atoms with Gasteiger partial charge in [0.05, 0.1) is 32.5 Å². The summed E-state index contributed by atoms with van der Waals surface area (Å²) in [5.74, 6) is -0.445. The van der Waals surface area contributed by atoms with Crippen LogP contribution in [0.25, 0.3) is 0 Å². The van der Waals surface area contributed by atoms with Crippen LogP contribution in [0.1, 0.15) is 32.6 Å². The summed E-state index contributed by atoms with van der Waals surface area (Å²) in [4.78, 5) is 11.1. The zero-order valence-corrected chi connectivity index (χ0v) is 12.0. The predicted octanol–water partition coefficient (Wildman–Crippen LogP) is -0.00970. The number of hydrogen-bond acceptors (Lipinski definition) is 6. The number of aliphatic hydroxyl groups is 4. The van der Waals surface area contributed by atoms with Gasteiger partial charge >= 0.3 is 5.97 Å². The summed E-state index contributed by atoms with van der Waals surface area (Å²) < 4.78 is 4.89. The van der Waals surface area contributed by atoms with Gasteiger partial charge in [-0.3, -0.25) is 0 Å². The Morgan fingerprint density at radius 2 is 1.75 bits per heavy atom. The molecule has 20 heavy (non-hydrogen) atoms. The number of carbonyl (C=O) groups excluding carboxylic acids is 1. The van der Waals surface area contributed by atoms with Gasteiger partial charge in [0.2, 0.25) is 0 Å². The molecule has 0 amide bonds. The summed E-state index contributed by atoms with van der Waals surface area (Å²) >= 11 is 0. The minimum Gasteiger partial charge on any atom is -0.462 e. The molecule has 1 unspecified atom stereocenters. The third-order valence-electron chi connectivity index (χ3n) is 3.28. The van der Waals surface area contributed by atoms with Crippen LogP contribution in [-0.4, -0.2) is 58.9 Å². The molecule has 0 aliphatic heterocycles. The number of aliphatic hydroxyl groups excluding tert-OH is 4. The average molecular weight is 290 g/mol. The molecule has 0 radical (unpaired) electrons. The van der Waals surface area contributed by atoms with Crippen LogP contribution in [0.5, 0.6) is 0 Å². The van der Waals surface area contributed by atoms with Crippen molar-refractivity contribution in [3.05, 3.63) is 12.2 Å². The fourth-order valence-electron chi connectivity index (χ4n) is 1.61. The van der Waals surface area contributed by atoms with Gasteiger partial charge in [0.15, 0.2) is 0 Å². The highest BCUT2D eigenvalue weighted by Gasteiger charge is 2.28. The van der Waals surface area contributed by atoms with Gasteiger partial charge in [0.25, 0.3) is 0 Å². The first-order valence-corrected chi connectivity index (χ1v) is 6.74. The van der Waals surface area contributed by atoms with Crippen LogP contribution in [0, 0.1) is 5.41 Å². The highest BCUT2D eigenvalue weighted by atomic mass is 16.5. The van der Waals surface area contributed by atoms with E-state index in [0.717, 1.165) is 0 Å². The molecule has 1 atom stereocenters. The predicted molar refractivity (Wildman–Crippen MR) is 73.9 cm³/mol. The number of ether oxygens (including phenoxy) is 1. The Balaban J connectivity index is 3.86. The van der Waals surface area contributed by atoms with Crippen LogP contribution in [0.3, 0.4) is 0 Å². The van der Waals surface area contributed by atoms with E-state index in [2.05, 4.69) is 6.58 Å². The Bertz CT molecular complexity index is 290. The Morgan fingerprint density at radius 1 is 1.20 bits per heavy atom. The molecule has 118 valence electrons. The second-order valence-electron chi connectivity index (χ2n) is 5.23. The highest BCUT2D eigenvalue weighted by Crippen LogP contribution is 2.23. The van der Waals surface area contributed by atoms with Crippen molar-refractivity contribution in [2.45, 2.75) is 38.7 Å². The Hall–Kier alpha value is -0.950. The quantitative estimate of drug-likeness (QED) is 0.242. The smallest absolute Gasteiger partial charge is 0.333 e. The Labute approximate surface area is 119 Å². The molecule has 0 saturated carbocycles. The number of esters is 1. The Kier molecular flexibility index (Phi) is 9.41. The van der Waals surface area contributed by atoms with Crippen molar-refractivity contribution in [2.24, 2.45) is 5.41 Å². The van der Waals surface area contributed by atoms with Crippen LogP contribution in [0.2, 0.25) is 0 Å². The fourth-order valence-corrected chi connectivity index (χ4v) is 1.61. The minimum absolute atomic E-state index is 0.216. The van der Waals surface area contributed by atoms with Crippen molar-refractivity contribution in [2.75, 3.05) is 26.4 Å². The molecule has 0 fully saturated rings. The van der Waals surface area contributed by atoms with Crippen LogP contribution in [0.4, 0.5) is 0 Å². The van der Waals surface area contributed by atoms with Gasteiger partial charge in [-0.05, 0) is 32.6 Å². The molecular formula is C14H26O6. The highest BCUT2D eigenvalue weighted by molar-refractivity contribution is 5.86. The fraction of sp³-hybridized carbons (Fsp3) is 0.786. The van der Waals surface area contributed by atoms with E-state index in [9.17, 15) is 9.90 Å². The van der Waals surface area contributed by atoms with Gasteiger partial charge < -0.3 is 25.2 Å². The van der Waals surface area contributed by atoms with E-state index in [-0.39, 0.29) is 26.4 Å². The normalized spacial score (nSPS) is 13.1. The first kappa shape index (κ1) is 19.1. The van der Waals surface area contributed by atoms with Crippen molar-refractivity contribution in [3.8, 4) is 0 Å². The van der Waals surface area contributed by atoms with Crippen LogP contribution >= 0.6 is 0 Å². The Morgan fingerprint density at radius 3 is 2.20 bits per heavy atom. The summed E-state index contributed by atoms with van der Waals surface area (Å²) in [6.45, 7) is 4.25. The number of hydrogen-bond donors (Lipinski definition) is 4. The topological polar surface area (TPSA) is 107 Å². The summed E-state index contributed by atoms with van der Waals surface area (Å²) in [6.07, 6.45) is 1.02. The molecule has 0 heterocycles. The van der Waals surface area contributed by atoms with E-state index in [4.69, 9.17) is 20.1 Å². The zero-order chi connectivity index (χ0) is 15.6. The van der Waals surface area contributed by atoms with E-state index < -0.39 is 17.5 Å². The molecule has 6 nitrogen and oxygen atoms in total. The summed E-state index contributed by atoms with van der Waals surface area (Å²) in [5, 5.41) is 37.2. The molecule has 0 aromatic rings. The molecule has 6 heteroatoms. The van der Waals surface area contributed by atoms with Gasteiger partial charge in [-0.25, -0.2) is 4.79 Å². The second kappa shape index (κ2) is 9.88. The molecule has 0 rings (SSSR count). The molecule has 0 saturated heterocycles. The molecule has 0 aliphatic carbocycles. The molecule has 0 aromatic carbocycles. The van der Waals surface area contributed by atoms with E-state index in [0.29, 0.717) is 31.3 Å². The molecule has 0 bridgehead atoms. The van der Waals surface area contributed by atoms with Gasteiger partial charge in [0, 0.05) is 11.0 Å². The van der Waals surface area contributed by atoms with Crippen LogP contribution < -0.4 is 0 Å². The first-order valence-electron chi connectivity index (χ1n) is 6.74. The molecule has 0 aliphatic rings. The van der Waals surface area contributed by atoms with Crippen LogP contribution in [-0.2, 0) is 9.53 Å². The van der Waals surface area contributed by atoms with E-state index in [1.807, 2.05) is 0 Å². The van der Waals surface area contributed by atoms with E-state index in [1.165, 1.54) is 0 Å². The third kappa shape index (κ3) is 7.00. The van der Waals surface area contributed by atoms with Crippen molar-refractivity contribution in [3.63, 3.8) is 0 Å². The molecule has 4 N–H and O–H groups in total. The maximum absolute atomic E-state index is 11.1. The monoisotopic (exact) mass is 290 g/mol. The van der Waals surface area contributed by atoms with Gasteiger partial charge in [0.1, 0.15) is 0 Å².